The first-order valence-electron chi connectivity index (χ1n) is 7.41. The third-order valence-electron chi connectivity index (χ3n) is 3.45. The van der Waals surface area contributed by atoms with Crippen LogP contribution in [0.5, 0.6) is 0 Å². The second kappa shape index (κ2) is 7.27. The Kier molecular flexibility index (Phi) is 4.90. The number of carbonyl (C=O) groups excluding carboxylic acids is 1. The van der Waals surface area contributed by atoms with E-state index in [1.165, 1.54) is 28.9 Å². The minimum absolute atomic E-state index is 0.00472. The first-order chi connectivity index (χ1) is 12.0. The summed E-state index contributed by atoms with van der Waals surface area (Å²) in [4.78, 5) is 24.2. The van der Waals surface area contributed by atoms with Crippen LogP contribution >= 0.6 is 11.6 Å². The number of aromatic nitrogens is 2. The van der Waals surface area contributed by atoms with Crippen molar-refractivity contribution in [2.75, 3.05) is 5.32 Å². The Hall–Kier alpha value is -2.99. The number of carbonyl (C=O) groups is 1. The standard InChI is InChI=1S/C18H13ClFN3O2/c19-13-6-7-14(20)16(10-13)21-18(25)15-8-9-17(24)23(22-15)11-12-4-2-1-3-5-12/h1-10H,11H2,(H,21,25). The lowest BCUT2D eigenvalue weighted by Gasteiger charge is -2.09. The van der Waals surface area contributed by atoms with Crippen LogP contribution in [-0.4, -0.2) is 15.7 Å². The zero-order valence-electron chi connectivity index (χ0n) is 12.9. The lowest BCUT2D eigenvalue weighted by atomic mass is 10.2. The Morgan fingerprint density at radius 3 is 2.64 bits per heavy atom. The van der Waals surface area contributed by atoms with Crippen LogP contribution in [0, 0.1) is 5.82 Å². The van der Waals surface area contributed by atoms with Crippen LogP contribution in [0.2, 0.25) is 5.02 Å². The van der Waals surface area contributed by atoms with Gasteiger partial charge in [0, 0.05) is 11.1 Å². The lowest BCUT2D eigenvalue weighted by molar-refractivity contribution is 0.101. The van der Waals surface area contributed by atoms with E-state index in [1.54, 1.807) is 0 Å². The molecule has 0 spiro atoms. The first-order valence-corrected chi connectivity index (χ1v) is 7.79. The summed E-state index contributed by atoms with van der Waals surface area (Å²) in [5.74, 6) is -1.25. The molecule has 0 atom stereocenters. The van der Waals surface area contributed by atoms with Gasteiger partial charge in [0.05, 0.1) is 12.2 Å². The van der Waals surface area contributed by atoms with Gasteiger partial charge in [-0.05, 0) is 29.8 Å². The molecule has 0 fully saturated rings. The molecular formula is C18H13ClFN3O2. The van der Waals surface area contributed by atoms with Crippen LogP contribution in [0.4, 0.5) is 10.1 Å². The maximum atomic E-state index is 13.7. The summed E-state index contributed by atoms with van der Waals surface area (Å²) in [6.07, 6.45) is 0. The summed E-state index contributed by atoms with van der Waals surface area (Å²) in [5.41, 5.74) is 0.472. The molecule has 0 saturated heterocycles. The van der Waals surface area contributed by atoms with Crippen molar-refractivity contribution in [3.05, 3.63) is 93.1 Å². The van der Waals surface area contributed by atoms with Crippen molar-refractivity contribution in [2.24, 2.45) is 0 Å². The molecule has 1 N–H and O–H groups in total. The second-order valence-electron chi connectivity index (χ2n) is 5.28. The highest BCUT2D eigenvalue weighted by atomic mass is 35.5. The molecule has 25 heavy (non-hydrogen) atoms. The summed E-state index contributed by atoms with van der Waals surface area (Å²) in [7, 11) is 0. The van der Waals surface area contributed by atoms with E-state index in [4.69, 9.17) is 11.6 Å². The van der Waals surface area contributed by atoms with Gasteiger partial charge in [-0.2, -0.15) is 5.10 Å². The van der Waals surface area contributed by atoms with E-state index in [0.29, 0.717) is 5.02 Å². The fraction of sp³-hybridized carbons (Fsp3) is 0.0556. The van der Waals surface area contributed by atoms with Crippen LogP contribution in [0.3, 0.4) is 0 Å². The Morgan fingerprint density at radius 2 is 1.88 bits per heavy atom. The van der Waals surface area contributed by atoms with Crippen molar-refractivity contribution < 1.29 is 9.18 Å². The van der Waals surface area contributed by atoms with Gasteiger partial charge in [0.25, 0.3) is 11.5 Å². The number of anilines is 1. The monoisotopic (exact) mass is 357 g/mol. The Balaban J connectivity index is 1.85. The number of halogens is 2. The van der Waals surface area contributed by atoms with Crippen LogP contribution in [0.25, 0.3) is 0 Å². The summed E-state index contributed by atoms with van der Waals surface area (Å²) < 4.78 is 14.9. The maximum absolute atomic E-state index is 13.7. The Morgan fingerprint density at radius 1 is 1.12 bits per heavy atom. The largest absolute Gasteiger partial charge is 0.318 e. The van der Waals surface area contributed by atoms with E-state index in [0.717, 1.165) is 11.6 Å². The van der Waals surface area contributed by atoms with Crippen LogP contribution in [0.15, 0.2) is 65.5 Å². The highest BCUT2D eigenvalue weighted by Gasteiger charge is 2.13. The molecular weight excluding hydrogens is 345 g/mol. The summed E-state index contributed by atoms with van der Waals surface area (Å²) in [6.45, 7) is 0.228. The molecule has 0 unspecified atom stereocenters. The summed E-state index contributed by atoms with van der Waals surface area (Å²) >= 11 is 5.80. The number of hydrogen-bond donors (Lipinski definition) is 1. The van der Waals surface area contributed by atoms with E-state index < -0.39 is 11.7 Å². The number of hydrogen-bond acceptors (Lipinski definition) is 3. The number of nitrogens with one attached hydrogen (secondary N) is 1. The van der Waals surface area contributed by atoms with Crippen LogP contribution in [-0.2, 0) is 6.54 Å². The summed E-state index contributed by atoms with van der Waals surface area (Å²) in [6, 6.07) is 15.6. The molecule has 1 heterocycles. The number of rotatable bonds is 4. The van der Waals surface area contributed by atoms with E-state index in [1.807, 2.05) is 30.3 Å². The highest BCUT2D eigenvalue weighted by Crippen LogP contribution is 2.19. The summed E-state index contributed by atoms with van der Waals surface area (Å²) in [5, 5.41) is 6.74. The van der Waals surface area contributed by atoms with Crippen molar-refractivity contribution >= 4 is 23.2 Å². The molecule has 1 amide bonds. The molecule has 7 heteroatoms. The van der Waals surface area contributed by atoms with Gasteiger partial charge in [0.15, 0.2) is 0 Å². The zero-order chi connectivity index (χ0) is 17.8. The number of nitrogens with zero attached hydrogens (tertiary/aromatic N) is 2. The fourth-order valence-corrected chi connectivity index (χ4v) is 2.39. The van der Waals surface area contributed by atoms with Crippen molar-refractivity contribution in [3.63, 3.8) is 0 Å². The van der Waals surface area contributed by atoms with Gasteiger partial charge in [-0.25, -0.2) is 9.07 Å². The smallest absolute Gasteiger partial charge is 0.276 e. The first kappa shape index (κ1) is 16.9. The fourth-order valence-electron chi connectivity index (χ4n) is 2.22. The quantitative estimate of drug-likeness (QED) is 0.779. The second-order valence-corrected chi connectivity index (χ2v) is 5.71. The molecule has 0 bridgehead atoms. The number of benzene rings is 2. The van der Waals surface area contributed by atoms with Crippen LogP contribution in [0.1, 0.15) is 16.1 Å². The van der Waals surface area contributed by atoms with E-state index >= 15 is 0 Å². The average Bonchev–Trinajstić information content (AvgIpc) is 2.61. The molecule has 0 aliphatic heterocycles. The highest BCUT2D eigenvalue weighted by molar-refractivity contribution is 6.31. The molecule has 3 aromatic rings. The molecule has 1 aromatic heterocycles. The number of amides is 1. The molecule has 0 saturated carbocycles. The predicted molar refractivity (Wildman–Crippen MR) is 93.4 cm³/mol. The molecule has 3 rings (SSSR count). The molecule has 0 radical (unpaired) electrons. The van der Waals surface area contributed by atoms with Gasteiger partial charge in [0.2, 0.25) is 0 Å². The van der Waals surface area contributed by atoms with E-state index in [9.17, 15) is 14.0 Å². The zero-order valence-corrected chi connectivity index (χ0v) is 13.7. The third-order valence-corrected chi connectivity index (χ3v) is 3.69. The van der Waals surface area contributed by atoms with Crippen LogP contribution < -0.4 is 10.9 Å². The maximum Gasteiger partial charge on any atom is 0.276 e. The van der Waals surface area contributed by atoms with Crippen molar-refractivity contribution in [3.8, 4) is 0 Å². The SMILES string of the molecule is O=C(Nc1cc(Cl)ccc1F)c1ccc(=O)n(Cc2ccccc2)n1. The van der Waals surface area contributed by atoms with Gasteiger partial charge >= 0.3 is 0 Å². The molecule has 2 aromatic carbocycles. The van der Waals surface area contributed by atoms with Gasteiger partial charge in [-0.1, -0.05) is 41.9 Å². The van der Waals surface area contributed by atoms with Crippen molar-refractivity contribution in [1.29, 1.82) is 0 Å². The predicted octanol–water partition coefficient (Wildman–Crippen LogP) is 3.34. The minimum atomic E-state index is -0.636. The molecule has 126 valence electrons. The molecule has 0 aliphatic rings. The minimum Gasteiger partial charge on any atom is -0.318 e. The van der Waals surface area contributed by atoms with Gasteiger partial charge in [0.1, 0.15) is 11.5 Å². The van der Waals surface area contributed by atoms with Crippen molar-refractivity contribution in [2.45, 2.75) is 6.54 Å². The Bertz CT molecular complexity index is 974. The normalized spacial score (nSPS) is 10.5. The van der Waals surface area contributed by atoms with Gasteiger partial charge < -0.3 is 5.32 Å². The van der Waals surface area contributed by atoms with E-state index in [-0.39, 0.29) is 23.5 Å². The topological polar surface area (TPSA) is 64.0 Å². The molecule has 5 nitrogen and oxygen atoms in total. The lowest BCUT2D eigenvalue weighted by Crippen LogP contribution is -2.26. The van der Waals surface area contributed by atoms with E-state index in [2.05, 4.69) is 10.4 Å². The average molecular weight is 358 g/mol. The van der Waals surface area contributed by atoms with Crippen molar-refractivity contribution in [1.82, 2.24) is 9.78 Å². The van der Waals surface area contributed by atoms with Gasteiger partial charge in [-0.3, -0.25) is 9.59 Å². The third kappa shape index (κ3) is 4.10. The Labute approximate surface area is 147 Å². The van der Waals surface area contributed by atoms with Gasteiger partial charge in [-0.15, -0.1) is 0 Å². The molecule has 0 aliphatic carbocycles.